The van der Waals surface area contributed by atoms with Crippen LogP contribution in [0.15, 0.2) is 58.3 Å². The Bertz CT molecular complexity index is 407. The number of nitrogens with zero attached hydrogens (tertiary/aromatic N) is 2. The second-order valence-corrected chi connectivity index (χ2v) is 2.56. The van der Waals surface area contributed by atoms with E-state index in [1.165, 1.54) is 0 Å². The third-order valence-electron chi connectivity index (χ3n) is 1.66. The molecular formula is C11H8N2. The van der Waals surface area contributed by atoms with E-state index in [2.05, 4.69) is 15.7 Å². The van der Waals surface area contributed by atoms with Gasteiger partial charge in [0.25, 0.3) is 0 Å². The molecule has 2 nitrogen and oxygen atoms in total. The van der Waals surface area contributed by atoms with Crippen LogP contribution < -0.4 is 0 Å². The molecule has 0 bridgehead atoms. The molecule has 0 aromatic heterocycles. The summed E-state index contributed by atoms with van der Waals surface area (Å²) in [4.78, 5) is 8.31. The van der Waals surface area contributed by atoms with Gasteiger partial charge in [-0.25, -0.2) is 9.98 Å². The first-order valence-corrected chi connectivity index (χ1v) is 4.03. The van der Waals surface area contributed by atoms with Crippen molar-refractivity contribution in [2.24, 2.45) is 9.98 Å². The highest BCUT2D eigenvalue weighted by atomic mass is 14.9. The lowest BCUT2D eigenvalue weighted by atomic mass is 10.2. The molecule has 0 N–H and O–H groups in total. The molecule has 1 aliphatic rings. The average molecular weight is 168 g/mol. The monoisotopic (exact) mass is 168 g/mol. The van der Waals surface area contributed by atoms with Gasteiger partial charge in [0.15, 0.2) is 5.84 Å². The largest absolute Gasteiger partial charge is 0.236 e. The zero-order valence-electron chi connectivity index (χ0n) is 7.01. The maximum Gasteiger partial charge on any atom is 0.159 e. The van der Waals surface area contributed by atoms with Gasteiger partial charge >= 0.3 is 0 Å². The number of hydrogen-bond donors (Lipinski definition) is 0. The molecule has 13 heavy (non-hydrogen) atoms. The number of amidine groups is 1. The first-order valence-electron chi connectivity index (χ1n) is 4.03. The molecule has 62 valence electrons. The lowest BCUT2D eigenvalue weighted by molar-refractivity contribution is 1.48. The van der Waals surface area contributed by atoms with E-state index in [4.69, 9.17) is 0 Å². The van der Waals surface area contributed by atoms with Gasteiger partial charge in [0.2, 0.25) is 0 Å². The third kappa shape index (κ3) is 1.81. The molecule has 0 saturated heterocycles. The fraction of sp³-hybridized carbons (Fsp3) is 0. The fourth-order valence-corrected chi connectivity index (χ4v) is 1.06. The number of hydrogen-bond acceptors (Lipinski definition) is 2. The minimum Gasteiger partial charge on any atom is -0.236 e. The molecule has 1 aromatic carbocycles. The number of allylic oxidation sites excluding steroid dienone is 1. The van der Waals surface area contributed by atoms with Crippen molar-refractivity contribution in [3.63, 3.8) is 0 Å². The second-order valence-electron chi connectivity index (χ2n) is 2.56. The highest BCUT2D eigenvalue weighted by molar-refractivity contribution is 6.04. The van der Waals surface area contributed by atoms with Crippen LogP contribution in [0.1, 0.15) is 5.56 Å². The highest BCUT2D eigenvalue weighted by Crippen LogP contribution is 2.03. The zero-order valence-corrected chi connectivity index (χ0v) is 7.01. The summed E-state index contributed by atoms with van der Waals surface area (Å²) in [6.45, 7) is 0. The molecule has 2 heteroatoms. The summed E-state index contributed by atoms with van der Waals surface area (Å²) in [7, 11) is 0. The van der Waals surface area contributed by atoms with Crippen LogP contribution >= 0.6 is 0 Å². The molecular weight excluding hydrogens is 160 g/mol. The summed E-state index contributed by atoms with van der Waals surface area (Å²) >= 11 is 0. The summed E-state index contributed by atoms with van der Waals surface area (Å²) in [6.07, 6.45) is 5.05. The van der Waals surface area contributed by atoms with Gasteiger partial charge < -0.3 is 0 Å². The van der Waals surface area contributed by atoms with Crippen LogP contribution in [0.2, 0.25) is 0 Å². The third-order valence-corrected chi connectivity index (χ3v) is 1.66. The van der Waals surface area contributed by atoms with E-state index in [1.54, 1.807) is 18.5 Å². The molecule has 0 radical (unpaired) electrons. The standard InChI is InChI=1S/C11H8N2/c1-2-6-10(7-3-1)11-12-8-4-5-9-13-11/h1-4,6-9H. The minimum atomic E-state index is 0.724. The van der Waals surface area contributed by atoms with Gasteiger partial charge in [0.1, 0.15) is 0 Å². The van der Waals surface area contributed by atoms with Gasteiger partial charge in [-0.15, -0.1) is 0 Å². The van der Waals surface area contributed by atoms with Crippen molar-refractivity contribution >= 4 is 12.1 Å². The Morgan fingerprint density at radius 2 is 1.92 bits per heavy atom. The summed E-state index contributed by atoms with van der Waals surface area (Å²) in [5.41, 5.74) is 3.88. The van der Waals surface area contributed by atoms with Crippen LogP contribution in [-0.4, -0.2) is 12.1 Å². The lowest BCUT2D eigenvalue weighted by Gasteiger charge is -1.96. The summed E-state index contributed by atoms with van der Waals surface area (Å²) in [5, 5.41) is 0. The lowest BCUT2D eigenvalue weighted by Crippen LogP contribution is -1.95. The van der Waals surface area contributed by atoms with Gasteiger partial charge in [-0.05, 0) is 0 Å². The number of aliphatic imine (C=N–C) groups is 2. The van der Waals surface area contributed by atoms with Crippen molar-refractivity contribution in [2.75, 3.05) is 0 Å². The van der Waals surface area contributed by atoms with Crippen LogP contribution in [0, 0.1) is 0 Å². The minimum absolute atomic E-state index is 0.724. The Kier molecular flexibility index (Phi) is 2.17. The van der Waals surface area contributed by atoms with Crippen molar-refractivity contribution in [1.82, 2.24) is 0 Å². The molecule has 0 fully saturated rings. The summed E-state index contributed by atoms with van der Waals surface area (Å²) in [6, 6.07) is 9.87. The smallest absolute Gasteiger partial charge is 0.159 e. The van der Waals surface area contributed by atoms with Crippen molar-refractivity contribution in [2.45, 2.75) is 0 Å². The maximum absolute atomic E-state index is 4.17. The first kappa shape index (κ1) is 7.71. The van der Waals surface area contributed by atoms with E-state index in [0.717, 1.165) is 11.4 Å². The van der Waals surface area contributed by atoms with E-state index in [1.807, 2.05) is 30.3 Å². The van der Waals surface area contributed by atoms with Crippen molar-refractivity contribution in [1.29, 1.82) is 0 Å². The summed E-state index contributed by atoms with van der Waals surface area (Å²) < 4.78 is 0. The number of rotatable bonds is 1. The average Bonchev–Trinajstić information content (AvgIpc) is 2.47. The van der Waals surface area contributed by atoms with Crippen LogP contribution in [0.3, 0.4) is 0 Å². The van der Waals surface area contributed by atoms with E-state index >= 15 is 0 Å². The predicted molar refractivity (Wildman–Crippen MR) is 54.1 cm³/mol. The SMILES string of the molecule is C1=CC=NC(c2ccccc2)=NC=1. The van der Waals surface area contributed by atoms with Gasteiger partial charge in [0, 0.05) is 17.9 Å². The molecule has 0 spiro atoms. The predicted octanol–water partition coefficient (Wildman–Crippen LogP) is 2.19. The van der Waals surface area contributed by atoms with Crippen LogP contribution in [0.5, 0.6) is 0 Å². The summed E-state index contributed by atoms with van der Waals surface area (Å²) in [5.74, 6) is 0.724. The molecule has 0 saturated carbocycles. The highest BCUT2D eigenvalue weighted by Gasteiger charge is 1.98. The van der Waals surface area contributed by atoms with Gasteiger partial charge in [-0.3, -0.25) is 0 Å². The molecule has 0 aliphatic carbocycles. The first-order chi connectivity index (χ1) is 6.47. The Morgan fingerprint density at radius 1 is 1.08 bits per heavy atom. The van der Waals surface area contributed by atoms with Crippen molar-refractivity contribution < 1.29 is 0 Å². The van der Waals surface area contributed by atoms with Crippen molar-refractivity contribution in [3.05, 3.63) is 53.9 Å². The molecule has 0 atom stereocenters. The van der Waals surface area contributed by atoms with Crippen LogP contribution in [0.4, 0.5) is 0 Å². The molecule has 1 aliphatic heterocycles. The van der Waals surface area contributed by atoms with Gasteiger partial charge in [-0.1, -0.05) is 36.1 Å². The zero-order chi connectivity index (χ0) is 8.93. The Labute approximate surface area is 76.7 Å². The Balaban J connectivity index is 2.39. The quantitative estimate of drug-likeness (QED) is 0.574. The van der Waals surface area contributed by atoms with Crippen molar-refractivity contribution in [3.8, 4) is 0 Å². The Hall–Kier alpha value is -1.92. The second kappa shape index (κ2) is 3.65. The molecule has 2 rings (SSSR count). The fourth-order valence-electron chi connectivity index (χ4n) is 1.06. The molecule has 1 heterocycles. The van der Waals surface area contributed by atoms with Crippen LogP contribution in [0.25, 0.3) is 0 Å². The van der Waals surface area contributed by atoms with E-state index in [9.17, 15) is 0 Å². The molecule has 1 aromatic rings. The molecule has 0 amide bonds. The van der Waals surface area contributed by atoms with E-state index in [-0.39, 0.29) is 0 Å². The maximum atomic E-state index is 4.17. The normalized spacial score (nSPS) is 14.0. The van der Waals surface area contributed by atoms with E-state index < -0.39 is 0 Å². The topological polar surface area (TPSA) is 24.7 Å². The number of benzene rings is 1. The van der Waals surface area contributed by atoms with E-state index in [0.29, 0.717) is 0 Å². The molecule has 0 unspecified atom stereocenters. The van der Waals surface area contributed by atoms with Gasteiger partial charge in [-0.2, -0.15) is 0 Å². The van der Waals surface area contributed by atoms with Gasteiger partial charge in [0.05, 0.1) is 6.20 Å². The van der Waals surface area contributed by atoms with Crippen LogP contribution in [-0.2, 0) is 0 Å². The Morgan fingerprint density at radius 3 is 2.77 bits per heavy atom.